The quantitative estimate of drug-likeness (QED) is 0.703. The molecular weight excluding hydrogens is 188 g/mol. The van der Waals surface area contributed by atoms with Crippen LogP contribution in [0.4, 0.5) is 0 Å². The summed E-state index contributed by atoms with van der Waals surface area (Å²) < 4.78 is 0. The number of hydrogen-bond donors (Lipinski definition) is 0. The highest BCUT2D eigenvalue weighted by atomic mass is 16.1. The Morgan fingerprint density at radius 1 is 1.07 bits per heavy atom. The van der Waals surface area contributed by atoms with E-state index in [1.54, 1.807) is 0 Å². The molecule has 0 saturated heterocycles. The van der Waals surface area contributed by atoms with E-state index in [4.69, 9.17) is 0 Å². The molecular formula is C13H14O2. The van der Waals surface area contributed by atoms with Crippen molar-refractivity contribution in [1.82, 2.24) is 0 Å². The summed E-state index contributed by atoms with van der Waals surface area (Å²) in [7, 11) is 0. The molecule has 0 aromatic heterocycles. The first-order valence-corrected chi connectivity index (χ1v) is 4.79. The smallest absolute Gasteiger partial charge is 0.144 e. The van der Waals surface area contributed by atoms with Crippen molar-refractivity contribution < 1.29 is 9.59 Å². The molecule has 78 valence electrons. The van der Waals surface area contributed by atoms with Gasteiger partial charge in [-0.25, -0.2) is 0 Å². The molecule has 0 unspecified atom stereocenters. The maximum Gasteiger partial charge on any atom is 0.144 e. The Hall–Kier alpha value is -1.70. The fraction of sp³-hybridized carbons (Fsp3) is 0.231. The minimum Gasteiger partial charge on any atom is -0.299 e. The zero-order chi connectivity index (χ0) is 11.4. The van der Waals surface area contributed by atoms with Crippen molar-refractivity contribution in [2.24, 2.45) is 5.92 Å². The van der Waals surface area contributed by atoms with Crippen molar-refractivity contribution in [3.05, 3.63) is 42.5 Å². The van der Waals surface area contributed by atoms with Crippen molar-refractivity contribution in [3.63, 3.8) is 0 Å². The van der Waals surface area contributed by atoms with Crippen LogP contribution in [0.25, 0.3) is 5.57 Å². The van der Waals surface area contributed by atoms with Crippen molar-refractivity contribution in [2.75, 3.05) is 0 Å². The summed E-state index contributed by atoms with van der Waals surface area (Å²) in [6.45, 7) is 6.66. The lowest BCUT2D eigenvalue weighted by Gasteiger charge is -2.13. The molecule has 0 heterocycles. The van der Waals surface area contributed by atoms with Crippen LogP contribution >= 0.6 is 0 Å². The summed E-state index contributed by atoms with van der Waals surface area (Å²) in [6.07, 6.45) is 0. The fourth-order valence-corrected chi connectivity index (χ4v) is 1.60. The molecule has 2 nitrogen and oxygen atoms in total. The third kappa shape index (κ3) is 2.62. The molecule has 2 heteroatoms. The van der Waals surface area contributed by atoms with E-state index in [2.05, 4.69) is 6.58 Å². The van der Waals surface area contributed by atoms with Gasteiger partial charge in [-0.3, -0.25) is 9.59 Å². The molecule has 1 aromatic carbocycles. The van der Waals surface area contributed by atoms with Gasteiger partial charge in [-0.1, -0.05) is 36.9 Å². The van der Waals surface area contributed by atoms with Crippen LogP contribution in [0.2, 0.25) is 0 Å². The molecule has 0 N–H and O–H groups in total. The van der Waals surface area contributed by atoms with Crippen LogP contribution in [-0.2, 0) is 9.59 Å². The van der Waals surface area contributed by atoms with Gasteiger partial charge in [-0.15, -0.1) is 0 Å². The molecule has 15 heavy (non-hydrogen) atoms. The summed E-state index contributed by atoms with van der Waals surface area (Å²) in [5.74, 6) is -1.01. The van der Waals surface area contributed by atoms with Gasteiger partial charge in [0.2, 0.25) is 0 Å². The Bertz CT molecular complexity index is 376. The standard InChI is InChI=1S/C13H14O2/c1-9(12-7-5-4-6-8-12)13(10(2)14)11(3)15/h4-8,13H,1H2,2-3H3. The first-order chi connectivity index (χ1) is 7.04. The Labute approximate surface area is 89.6 Å². The first kappa shape index (κ1) is 11.4. The normalized spacial score (nSPS) is 10.1. The number of benzene rings is 1. The number of rotatable bonds is 4. The van der Waals surface area contributed by atoms with Crippen LogP contribution in [-0.4, -0.2) is 11.6 Å². The van der Waals surface area contributed by atoms with Gasteiger partial charge in [0.05, 0.1) is 0 Å². The maximum absolute atomic E-state index is 11.3. The van der Waals surface area contributed by atoms with Crippen LogP contribution in [0, 0.1) is 5.92 Å². The molecule has 0 atom stereocenters. The molecule has 0 aliphatic heterocycles. The monoisotopic (exact) mass is 202 g/mol. The topological polar surface area (TPSA) is 34.1 Å². The molecule has 0 amide bonds. The lowest BCUT2D eigenvalue weighted by atomic mass is 9.88. The van der Waals surface area contributed by atoms with Crippen molar-refractivity contribution >= 4 is 17.1 Å². The maximum atomic E-state index is 11.3. The summed E-state index contributed by atoms with van der Waals surface area (Å²) in [6, 6.07) is 9.30. The van der Waals surface area contributed by atoms with E-state index in [0.717, 1.165) is 5.56 Å². The first-order valence-electron chi connectivity index (χ1n) is 4.79. The zero-order valence-corrected chi connectivity index (χ0v) is 8.99. The molecule has 0 spiro atoms. The second-order valence-corrected chi connectivity index (χ2v) is 3.55. The Morgan fingerprint density at radius 2 is 1.53 bits per heavy atom. The molecule has 1 rings (SSSR count). The van der Waals surface area contributed by atoms with Gasteiger partial charge in [0.1, 0.15) is 17.5 Å². The third-order valence-electron chi connectivity index (χ3n) is 2.31. The molecule has 0 saturated carbocycles. The van der Waals surface area contributed by atoms with Gasteiger partial charge in [0.25, 0.3) is 0 Å². The molecule has 0 aliphatic rings. The van der Waals surface area contributed by atoms with E-state index in [1.165, 1.54) is 13.8 Å². The van der Waals surface area contributed by atoms with E-state index in [0.29, 0.717) is 5.57 Å². The number of hydrogen-bond acceptors (Lipinski definition) is 2. The molecule has 0 aliphatic carbocycles. The number of carbonyl (C=O) groups is 2. The molecule has 0 radical (unpaired) electrons. The van der Waals surface area contributed by atoms with E-state index < -0.39 is 5.92 Å². The highest BCUT2D eigenvalue weighted by Crippen LogP contribution is 2.22. The average Bonchev–Trinajstić information content (AvgIpc) is 2.18. The summed E-state index contributed by atoms with van der Waals surface area (Å²) in [5.41, 5.74) is 1.42. The predicted octanol–water partition coefficient (Wildman–Crippen LogP) is 2.49. The van der Waals surface area contributed by atoms with Gasteiger partial charge in [0.15, 0.2) is 0 Å². The minimum atomic E-state index is -0.701. The Morgan fingerprint density at radius 3 is 1.93 bits per heavy atom. The predicted molar refractivity (Wildman–Crippen MR) is 60.3 cm³/mol. The van der Waals surface area contributed by atoms with Gasteiger partial charge >= 0.3 is 0 Å². The van der Waals surface area contributed by atoms with Crippen molar-refractivity contribution in [1.29, 1.82) is 0 Å². The Kier molecular flexibility index (Phi) is 3.56. The van der Waals surface area contributed by atoms with E-state index in [9.17, 15) is 9.59 Å². The zero-order valence-electron chi connectivity index (χ0n) is 8.99. The van der Waals surface area contributed by atoms with Gasteiger partial charge in [-0.2, -0.15) is 0 Å². The molecule has 1 aromatic rings. The highest BCUT2D eigenvalue weighted by Gasteiger charge is 2.23. The number of Topliss-reactive ketones (excluding diaryl/α,β-unsaturated/α-hetero) is 2. The van der Waals surface area contributed by atoms with Crippen LogP contribution in [0.3, 0.4) is 0 Å². The van der Waals surface area contributed by atoms with Crippen molar-refractivity contribution in [3.8, 4) is 0 Å². The minimum absolute atomic E-state index is 0.156. The number of allylic oxidation sites excluding steroid dienone is 1. The summed E-state index contributed by atoms with van der Waals surface area (Å²) >= 11 is 0. The highest BCUT2D eigenvalue weighted by molar-refractivity contribution is 6.10. The van der Waals surface area contributed by atoms with Crippen LogP contribution in [0.5, 0.6) is 0 Å². The van der Waals surface area contributed by atoms with E-state index in [-0.39, 0.29) is 11.6 Å². The SMILES string of the molecule is C=C(c1ccccc1)C(C(C)=O)C(C)=O. The summed E-state index contributed by atoms with van der Waals surface area (Å²) in [4.78, 5) is 22.6. The fourth-order valence-electron chi connectivity index (χ4n) is 1.60. The summed E-state index contributed by atoms with van der Waals surface area (Å²) in [5, 5.41) is 0. The van der Waals surface area contributed by atoms with Gasteiger partial charge < -0.3 is 0 Å². The number of carbonyl (C=O) groups excluding carboxylic acids is 2. The van der Waals surface area contributed by atoms with Crippen LogP contribution in [0.1, 0.15) is 19.4 Å². The average molecular weight is 202 g/mol. The van der Waals surface area contributed by atoms with E-state index in [1.807, 2.05) is 30.3 Å². The van der Waals surface area contributed by atoms with Crippen molar-refractivity contribution in [2.45, 2.75) is 13.8 Å². The molecule has 0 fully saturated rings. The number of ketones is 2. The van der Waals surface area contributed by atoms with E-state index >= 15 is 0 Å². The van der Waals surface area contributed by atoms with Gasteiger partial charge in [0, 0.05) is 0 Å². The molecule has 0 bridgehead atoms. The second kappa shape index (κ2) is 4.69. The Balaban J connectivity index is 3.02. The van der Waals surface area contributed by atoms with Crippen LogP contribution < -0.4 is 0 Å². The third-order valence-corrected chi connectivity index (χ3v) is 2.31. The second-order valence-electron chi connectivity index (χ2n) is 3.55. The largest absolute Gasteiger partial charge is 0.299 e. The van der Waals surface area contributed by atoms with Crippen LogP contribution in [0.15, 0.2) is 36.9 Å². The van der Waals surface area contributed by atoms with Gasteiger partial charge in [-0.05, 0) is 25.0 Å². The lowest BCUT2D eigenvalue weighted by Crippen LogP contribution is -2.20. The lowest BCUT2D eigenvalue weighted by molar-refractivity contribution is -0.127.